The maximum atomic E-state index is 11.3. The van der Waals surface area contributed by atoms with Gasteiger partial charge in [-0.05, 0) is 34.6 Å². The van der Waals surface area contributed by atoms with Gasteiger partial charge >= 0.3 is 11.9 Å². The number of carbonyl (C=O) groups excluding carboxylic acids is 2. The first-order valence-electron chi connectivity index (χ1n) is 4.75. The molecule has 0 radical (unpaired) electrons. The van der Waals surface area contributed by atoms with E-state index < -0.39 is 29.7 Å². The largest absolute Gasteiger partial charge is 0.457 e. The molecule has 15 heavy (non-hydrogen) atoms. The monoisotopic (exact) mass is 218 g/mol. The summed E-state index contributed by atoms with van der Waals surface area (Å²) in [6.07, 6.45) is -2.25. The van der Waals surface area contributed by atoms with Crippen LogP contribution in [0.3, 0.4) is 0 Å². The quantitative estimate of drug-likeness (QED) is 0.704. The molecule has 0 fully saturated rings. The van der Waals surface area contributed by atoms with Crippen LogP contribution in [-0.2, 0) is 19.1 Å². The maximum absolute atomic E-state index is 11.3. The van der Waals surface area contributed by atoms with Crippen molar-refractivity contribution in [3.8, 4) is 0 Å². The molecule has 0 spiro atoms. The average molecular weight is 218 g/mol. The fourth-order valence-electron chi connectivity index (χ4n) is 0.706. The molecule has 88 valence electrons. The lowest BCUT2D eigenvalue weighted by atomic mass is 10.2. The molecule has 0 aliphatic rings. The molecule has 2 atom stereocenters. The van der Waals surface area contributed by atoms with E-state index in [-0.39, 0.29) is 0 Å². The van der Waals surface area contributed by atoms with E-state index in [0.717, 1.165) is 0 Å². The lowest BCUT2D eigenvalue weighted by Crippen LogP contribution is -2.35. The van der Waals surface area contributed by atoms with Gasteiger partial charge in [-0.25, -0.2) is 9.59 Å². The van der Waals surface area contributed by atoms with E-state index in [1.165, 1.54) is 13.8 Å². The van der Waals surface area contributed by atoms with Gasteiger partial charge in [-0.3, -0.25) is 0 Å². The van der Waals surface area contributed by atoms with Crippen LogP contribution in [0.4, 0.5) is 0 Å². The number of aliphatic hydroxyl groups is 1. The van der Waals surface area contributed by atoms with Gasteiger partial charge in [0, 0.05) is 0 Å². The van der Waals surface area contributed by atoms with Crippen LogP contribution in [0.5, 0.6) is 0 Å². The number of rotatable bonds is 3. The molecule has 0 aliphatic carbocycles. The molecule has 0 heterocycles. The summed E-state index contributed by atoms with van der Waals surface area (Å²) in [6, 6.07) is 0. The highest BCUT2D eigenvalue weighted by Crippen LogP contribution is 2.09. The van der Waals surface area contributed by atoms with Crippen LogP contribution >= 0.6 is 0 Å². The van der Waals surface area contributed by atoms with Crippen molar-refractivity contribution in [1.29, 1.82) is 0 Å². The number of aliphatic hydroxyl groups excluding tert-OH is 1. The molecule has 0 aromatic rings. The number of hydrogen-bond donors (Lipinski definition) is 1. The van der Waals surface area contributed by atoms with E-state index in [4.69, 9.17) is 9.84 Å². The minimum absolute atomic E-state index is 0.622. The van der Waals surface area contributed by atoms with Crippen molar-refractivity contribution < 1.29 is 24.2 Å². The highest BCUT2D eigenvalue weighted by molar-refractivity contribution is 5.80. The minimum atomic E-state index is -1.24. The molecule has 0 rings (SSSR count). The van der Waals surface area contributed by atoms with Gasteiger partial charge in [-0.2, -0.15) is 0 Å². The Labute approximate surface area is 89.4 Å². The molecule has 5 nitrogen and oxygen atoms in total. The summed E-state index contributed by atoms with van der Waals surface area (Å²) >= 11 is 0. The van der Waals surface area contributed by atoms with E-state index >= 15 is 0 Å². The molecule has 0 bridgehead atoms. The summed E-state index contributed by atoms with van der Waals surface area (Å²) in [5.41, 5.74) is -0.622. The van der Waals surface area contributed by atoms with Gasteiger partial charge in [0.1, 0.15) is 11.7 Å². The lowest BCUT2D eigenvalue weighted by Gasteiger charge is -2.22. The van der Waals surface area contributed by atoms with Crippen LogP contribution in [0.1, 0.15) is 34.6 Å². The van der Waals surface area contributed by atoms with Crippen LogP contribution in [0, 0.1) is 0 Å². The topological polar surface area (TPSA) is 72.8 Å². The van der Waals surface area contributed by atoms with Crippen LogP contribution in [0.25, 0.3) is 0 Å². The number of hydrogen-bond acceptors (Lipinski definition) is 5. The molecule has 0 saturated carbocycles. The Hall–Kier alpha value is -1.10. The predicted molar refractivity (Wildman–Crippen MR) is 53.1 cm³/mol. The first-order chi connectivity index (χ1) is 6.63. The van der Waals surface area contributed by atoms with Crippen molar-refractivity contribution in [2.24, 2.45) is 0 Å². The average Bonchev–Trinajstić information content (AvgIpc) is 2.00. The summed E-state index contributed by atoms with van der Waals surface area (Å²) < 4.78 is 9.64. The number of carbonyl (C=O) groups is 2. The zero-order valence-corrected chi connectivity index (χ0v) is 9.73. The highest BCUT2D eigenvalue weighted by Gasteiger charge is 2.25. The summed E-state index contributed by atoms with van der Waals surface area (Å²) in [6.45, 7) is 7.81. The van der Waals surface area contributed by atoms with Crippen LogP contribution in [0.15, 0.2) is 0 Å². The Kier molecular flexibility index (Phi) is 4.74. The lowest BCUT2D eigenvalue weighted by molar-refractivity contribution is -0.177. The second-order valence-corrected chi connectivity index (χ2v) is 4.29. The SMILES string of the molecule is CC(O)C(=O)OC(C)C(=O)OC(C)(C)C. The summed E-state index contributed by atoms with van der Waals surface area (Å²) in [4.78, 5) is 22.3. The van der Waals surface area contributed by atoms with Crippen molar-refractivity contribution in [2.45, 2.75) is 52.4 Å². The van der Waals surface area contributed by atoms with Crippen LogP contribution < -0.4 is 0 Å². The van der Waals surface area contributed by atoms with Crippen molar-refractivity contribution in [1.82, 2.24) is 0 Å². The highest BCUT2D eigenvalue weighted by atomic mass is 16.6. The molecule has 0 aliphatic heterocycles. The van der Waals surface area contributed by atoms with Crippen molar-refractivity contribution >= 4 is 11.9 Å². The molecular formula is C10H18O5. The van der Waals surface area contributed by atoms with Gasteiger partial charge in [0.25, 0.3) is 0 Å². The third-order valence-electron chi connectivity index (χ3n) is 1.37. The molecule has 1 N–H and O–H groups in total. The Morgan fingerprint density at radius 3 is 1.93 bits per heavy atom. The molecular weight excluding hydrogens is 200 g/mol. The van der Waals surface area contributed by atoms with E-state index in [0.29, 0.717) is 0 Å². The van der Waals surface area contributed by atoms with Gasteiger partial charge in [-0.1, -0.05) is 0 Å². The second-order valence-electron chi connectivity index (χ2n) is 4.29. The summed E-state index contributed by atoms with van der Waals surface area (Å²) in [5.74, 6) is -1.47. The smallest absolute Gasteiger partial charge is 0.347 e. The van der Waals surface area contributed by atoms with Crippen molar-refractivity contribution in [2.75, 3.05) is 0 Å². The fourth-order valence-corrected chi connectivity index (χ4v) is 0.706. The molecule has 2 unspecified atom stereocenters. The Morgan fingerprint density at radius 2 is 1.60 bits per heavy atom. The summed E-state index contributed by atoms with van der Waals surface area (Å²) in [5, 5.41) is 8.86. The van der Waals surface area contributed by atoms with E-state index in [1.54, 1.807) is 20.8 Å². The summed E-state index contributed by atoms with van der Waals surface area (Å²) in [7, 11) is 0. The zero-order chi connectivity index (χ0) is 12.2. The van der Waals surface area contributed by atoms with Crippen molar-refractivity contribution in [3.05, 3.63) is 0 Å². The van der Waals surface area contributed by atoms with E-state index in [9.17, 15) is 9.59 Å². The van der Waals surface area contributed by atoms with Gasteiger partial charge in [0.2, 0.25) is 0 Å². The number of ether oxygens (including phenoxy) is 2. The van der Waals surface area contributed by atoms with Gasteiger partial charge in [0.15, 0.2) is 6.10 Å². The Balaban J connectivity index is 4.17. The van der Waals surface area contributed by atoms with Crippen LogP contribution in [-0.4, -0.2) is 34.9 Å². The van der Waals surface area contributed by atoms with Gasteiger partial charge in [0.05, 0.1) is 0 Å². The van der Waals surface area contributed by atoms with E-state index in [1.807, 2.05) is 0 Å². The van der Waals surface area contributed by atoms with Gasteiger partial charge in [-0.15, -0.1) is 0 Å². The first-order valence-corrected chi connectivity index (χ1v) is 4.75. The first kappa shape index (κ1) is 13.9. The van der Waals surface area contributed by atoms with Crippen molar-refractivity contribution in [3.63, 3.8) is 0 Å². The molecule has 5 heteroatoms. The second kappa shape index (κ2) is 5.11. The standard InChI is InChI=1S/C10H18O5/c1-6(11)8(12)14-7(2)9(13)15-10(3,4)5/h6-7,11H,1-5H3. The maximum Gasteiger partial charge on any atom is 0.347 e. The predicted octanol–water partition coefficient (Wildman–Crippen LogP) is 0.641. The van der Waals surface area contributed by atoms with Crippen LogP contribution in [0.2, 0.25) is 0 Å². The zero-order valence-electron chi connectivity index (χ0n) is 9.73. The third kappa shape index (κ3) is 6.06. The molecule has 0 saturated heterocycles. The number of esters is 2. The normalized spacial score (nSPS) is 15.3. The minimum Gasteiger partial charge on any atom is -0.457 e. The van der Waals surface area contributed by atoms with Gasteiger partial charge < -0.3 is 14.6 Å². The Morgan fingerprint density at radius 1 is 1.13 bits per heavy atom. The Bertz CT molecular complexity index is 239. The molecule has 0 aromatic heterocycles. The molecule has 0 aromatic carbocycles. The molecule has 0 amide bonds. The van der Waals surface area contributed by atoms with E-state index in [2.05, 4.69) is 4.74 Å². The fraction of sp³-hybridized carbons (Fsp3) is 0.800. The third-order valence-corrected chi connectivity index (χ3v) is 1.37.